The summed E-state index contributed by atoms with van der Waals surface area (Å²) in [7, 11) is 0. The third-order valence-corrected chi connectivity index (χ3v) is 3.86. The second kappa shape index (κ2) is 7.09. The Bertz CT molecular complexity index is 553. The second-order valence-electron chi connectivity index (χ2n) is 3.92. The molecule has 0 spiro atoms. The van der Waals surface area contributed by atoms with Gasteiger partial charge < -0.3 is 10.6 Å². The molecule has 0 saturated carbocycles. The van der Waals surface area contributed by atoms with E-state index in [-0.39, 0.29) is 12.5 Å². The zero-order chi connectivity index (χ0) is 13.7. The van der Waals surface area contributed by atoms with Crippen molar-refractivity contribution < 1.29 is 4.79 Å². The van der Waals surface area contributed by atoms with Crippen molar-refractivity contribution in [2.24, 2.45) is 0 Å². The first kappa shape index (κ1) is 14.6. The Hall–Kier alpha value is -0.830. The molecule has 0 heterocycles. The van der Waals surface area contributed by atoms with Gasteiger partial charge in [0, 0.05) is 18.5 Å². The SMILES string of the molecule is O=C(CNc1ccc(I)cc1)Nc1ccc(I)cc1. The van der Waals surface area contributed by atoms with E-state index < -0.39 is 0 Å². The van der Waals surface area contributed by atoms with Crippen molar-refractivity contribution >= 4 is 62.5 Å². The van der Waals surface area contributed by atoms with Crippen molar-refractivity contribution in [3.63, 3.8) is 0 Å². The molecule has 0 aliphatic rings. The smallest absolute Gasteiger partial charge is 0.243 e. The van der Waals surface area contributed by atoms with E-state index in [1.165, 1.54) is 3.57 Å². The molecule has 2 rings (SSSR count). The van der Waals surface area contributed by atoms with Crippen LogP contribution in [-0.4, -0.2) is 12.5 Å². The number of anilines is 2. The summed E-state index contributed by atoms with van der Waals surface area (Å²) in [6, 6.07) is 15.6. The highest BCUT2D eigenvalue weighted by Crippen LogP contribution is 2.12. The summed E-state index contributed by atoms with van der Waals surface area (Å²) < 4.78 is 2.32. The average Bonchev–Trinajstić information content (AvgIpc) is 2.41. The van der Waals surface area contributed by atoms with Crippen molar-refractivity contribution in [1.82, 2.24) is 0 Å². The number of benzene rings is 2. The molecular formula is C14H12I2N2O. The van der Waals surface area contributed by atoms with Crippen molar-refractivity contribution in [3.05, 3.63) is 55.7 Å². The van der Waals surface area contributed by atoms with E-state index >= 15 is 0 Å². The minimum Gasteiger partial charge on any atom is -0.376 e. The van der Waals surface area contributed by atoms with Crippen molar-refractivity contribution in [1.29, 1.82) is 0 Å². The molecule has 2 N–H and O–H groups in total. The van der Waals surface area contributed by atoms with Crippen molar-refractivity contribution in [2.75, 3.05) is 17.2 Å². The Kier molecular flexibility index (Phi) is 5.44. The number of rotatable bonds is 4. The molecule has 0 radical (unpaired) electrons. The lowest BCUT2D eigenvalue weighted by atomic mass is 10.3. The van der Waals surface area contributed by atoms with Crippen LogP contribution in [0.4, 0.5) is 11.4 Å². The number of carbonyl (C=O) groups is 1. The van der Waals surface area contributed by atoms with E-state index in [4.69, 9.17) is 0 Å². The van der Waals surface area contributed by atoms with Gasteiger partial charge in [-0.25, -0.2) is 0 Å². The van der Waals surface area contributed by atoms with Gasteiger partial charge in [0.25, 0.3) is 0 Å². The predicted octanol–water partition coefficient (Wildman–Crippen LogP) is 3.95. The molecule has 2 aromatic carbocycles. The van der Waals surface area contributed by atoms with Gasteiger partial charge in [-0.3, -0.25) is 4.79 Å². The summed E-state index contributed by atoms with van der Waals surface area (Å²) >= 11 is 4.48. The lowest BCUT2D eigenvalue weighted by Crippen LogP contribution is -2.21. The van der Waals surface area contributed by atoms with Crippen LogP contribution < -0.4 is 10.6 Å². The molecule has 0 atom stereocenters. The van der Waals surface area contributed by atoms with Gasteiger partial charge in [-0.15, -0.1) is 0 Å². The van der Waals surface area contributed by atoms with Gasteiger partial charge in [0.15, 0.2) is 0 Å². The fraction of sp³-hybridized carbons (Fsp3) is 0.0714. The second-order valence-corrected chi connectivity index (χ2v) is 6.41. The summed E-state index contributed by atoms with van der Waals surface area (Å²) in [5.74, 6) is -0.0558. The number of halogens is 2. The predicted molar refractivity (Wildman–Crippen MR) is 95.4 cm³/mol. The summed E-state index contributed by atoms with van der Waals surface area (Å²) in [6.07, 6.45) is 0. The molecule has 5 heteroatoms. The van der Waals surface area contributed by atoms with Crippen LogP contribution in [0.1, 0.15) is 0 Å². The molecule has 0 aromatic heterocycles. The van der Waals surface area contributed by atoms with Gasteiger partial charge in [0.1, 0.15) is 0 Å². The van der Waals surface area contributed by atoms with E-state index in [0.717, 1.165) is 14.9 Å². The van der Waals surface area contributed by atoms with Gasteiger partial charge in [-0.05, 0) is 93.7 Å². The van der Waals surface area contributed by atoms with Gasteiger partial charge >= 0.3 is 0 Å². The molecule has 98 valence electrons. The number of nitrogens with one attached hydrogen (secondary N) is 2. The van der Waals surface area contributed by atoms with Crippen LogP contribution in [0.25, 0.3) is 0 Å². The molecule has 2 aromatic rings. The van der Waals surface area contributed by atoms with Gasteiger partial charge in [-0.1, -0.05) is 0 Å². The molecule has 0 unspecified atom stereocenters. The molecule has 0 aliphatic heterocycles. The molecule has 1 amide bonds. The zero-order valence-electron chi connectivity index (χ0n) is 9.99. The number of hydrogen-bond donors (Lipinski definition) is 2. The zero-order valence-corrected chi connectivity index (χ0v) is 14.3. The monoisotopic (exact) mass is 478 g/mol. The standard InChI is InChI=1S/C14H12I2N2O/c15-10-1-5-12(6-2-10)17-9-14(19)18-13-7-3-11(16)4-8-13/h1-8,17H,9H2,(H,18,19). The van der Waals surface area contributed by atoms with Crippen molar-refractivity contribution in [3.8, 4) is 0 Å². The third-order valence-electron chi connectivity index (χ3n) is 2.43. The minimum absolute atomic E-state index is 0.0558. The molecule has 19 heavy (non-hydrogen) atoms. The van der Waals surface area contributed by atoms with Crippen LogP contribution in [-0.2, 0) is 4.79 Å². The Balaban J connectivity index is 1.84. The minimum atomic E-state index is -0.0558. The molecule has 0 bridgehead atoms. The quantitative estimate of drug-likeness (QED) is 0.655. The Morgan fingerprint density at radius 3 is 1.84 bits per heavy atom. The summed E-state index contributed by atoms with van der Waals surface area (Å²) in [5, 5.41) is 5.93. The maximum absolute atomic E-state index is 11.8. The highest BCUT2D eigenvalue weighted by molar-refractivity contribution is 14.1. The van der Waals surface area contributed by atoms with E-state index in [9.17, 15) is 4.79 Å². The Morgan fingerprint density at radius 2 is 1.32 bits per heavy atom. The summed E-state index contributed by atoms with van der Waals surface area (Å²) in [5.41, 5.74) is 1.76. The van der Waals surface area contributed by atoms with Crippen LogP contribution >= 0.6 is 45.2 Å². The molecule has 0 saturated heterocycles. The maximum Gasteiger partial charge on any atom is 0.243 e. The van der Waals surface area contributed by atoms with E-state index in [0.29, 0.717) is 0 Å². The highest BCUT2D eigenvalue weighted by Gasteiger charge is 2.02. The van der Waals surface area contributed by atoms with Crippen LogP contribution in [0.2, 0.25) is 0 Å². The fourth-order valence-corrected chi connectivity index (χ4v) is 2.21. The molecule has 3 nitrogen and oxygen atoms in total. The summed E-state index contributed by atoms with van der Waals surface area (Å²) in [4.78, 5) is 11.8. The fourth-order valence-electron chi connectivity index (χ4n) is 1.49. The van der Waals surface area contributed by atoms with Gasteiger partial charge in [-0.2, -0.15) is 0 Å². The number of carbonyl (C=O) groups excluding carboxylic acids is 1. The lowest BCUT2D eigenvalue weighted by Gasteiger charge is -2.08. The van der Waals surface area contributed by atoms with Gasteiger partial charge in [0.05, 0.1) is 6.54 Å². The largest absolute Gasteiger partial charge is 0.376 e. The third kappa shape index (κ3) is 4.98. The first-order chi connectivity index (χ1) is 9.13. The van der Waals surface area contributed by atoms with Gasteiger partial charge in [0.2, 0.25) is 5.91 Å². The molecule has 0 fully saturated rings. The maximum atomic E-state index is 11.8. The van der Waals surface area contributed by atoms with Crippen LogP contribution in [0.3, 0.4) is 0 Å². The highest BCUT2D eigenvalue weighted by atomic mass is 127. The first-order valence-corrected chi connectivity index (χ1v) is 7.84. The van der Waals surface area contributed by atoms with Crippen LogP contribution in [0.5, 0.6) is 0 Å². The number of amides is 1. The van der Waals surface area contributed by atoms with E-state index in [1.54, 1.807) is 0 Å². The molecule has 0 aliphatic carbocycles. The Morgan fingerprint density at radius 1 is 0.842 bits per heavy atom. The van der Waals surface area contributed by atoms with Crippen LogP contribution in [0.15, 0.2) is 48.5 Å². The average molecular weight is 478 g/mol. The normalized spacial score (nSPS) is 10.0. The summed E-state index contributed by atoms with van der Waals surface area (Å²) in [6.45, 7) is 0.257. The van der Waals surface area contributed by atoms with E-state index in [2.05, 4.69) is 55.8 Å². The molecular weight excluding hydrogens is 466 g/mol. The lowest BCUT2D eigenvalue weighted by molar-refractivity contribution is -0.114. The topological polar surface area (TPSA) is 41.1 Å². The Labute approximate surface area is 139 Å². The van der Waals surface area contributed by atoms with Crippen LogP contribution in [0, 0.1) is 7.14 Å². The first-order valence-electron chi connectivity index (χ1n) is 5.68. The van der Waals surface area contributed by atoms with Crippen molar-refractivity contribution in [2.45, 2.75) is 0 Å². The number of hydrogen-bond acceptors (Lipinski definition) is 2. The van der Waals surface area contributed by atoms with E-state index in [1.807, 2.05) is 48.5 Å².